The minimum Gasteiger partial charge on any atom is -0.314 e. The highest BCUT2D eigenvalue weighted by atomic mass is 15.3. The van der Waals surface area contributed by atoms with Crippen LogP contribution in [0.25, 0.3) is 0 Å². The van der Waals surface area contributed by atoms with Crippen molar-refractivity contribution in [2.75, 3.05) is 26.2 Å². The fourth-order valence-electron chi connectivity index (χ4n) is 1.67. The highest BCUT2D eigenvalue weighted by Gasteiger charge is 2.19. The Morgan fingerprint density at radius 2 is 2.23 bits per heavy atom. The Kier molecular flexibility index (Phi) is 2.56. The van der Waals surface area contributed by atoms with Crippen molar-refractivity contribution in [2.45, 2.75) is 13.0 Å². The van der Waals surface area contributed by atoms with Gasteiger partial charge in [-0.05, 0) is 6.92 Å². The molecule has 1 aliphatic heterocycles. The minimum atomic E-state index is 0.376. The fourth-order valence-corrected chi connectivity index (χ4v) is 1.67. The van der Waals surface area contributed by atoms with Gasteiger partial charge in [-0.15, -0.1) is 0 Å². The van der Waals surface area contributed by atoms with Crippen LogP contribution in [-0.2, 0) is 0 Å². The van der Waals surface area contributed by atoms with Gasteiger partial charge in [-0.2, -0.15) is 15.4 Å². The van der Waals surface area contributed by atoms with E-state index in [4.69, 9.17) is 0 Å². The molecule has 5 heteroatoms. The largest absolute Gasteiger partial charge is 0.314 e. The summed E-state index contributed by atoms with van der Waals surface area (Å²) in [6.07, 6.45) is 1.80. The van der Waals surface area contributed by atoms with Gasteiger partial charge in [0.25, 0.3) is 0 Å². The third-order valence-corrected chi connectivity index (χ3v) is 2.56. The van der Waals surface area contributed by atoms with Crippen molar-refractivity contribution in [1.29, 1.82) is 0 Å². The predicted molar refractivity (Wildman–Crippen MR) is 49.2 cm³/mol. The van der Waals surface area contributed by atoms with Crippen LogP contribution in [-0.4, -0.2) is 46.5 Å². The van der Waals surface area contributed by atoms with E-state index < -0.39 is 0 Å². The average molecular weight is 181 g/mol. The van der Waals surface area contributed by atoms with Crippen LogP contribution >= 0.6 is 0 Å². The number of aromatic nitrogens is 3. The van der Waals surface area contributed by atoms with Crippen LogP contribution in [0.4, 0.5) is 0 Å². The lowest BCUT2D eigenvalue weighted by Crippen LogP contribution is -2.44. The molecule has 5 nitrogen and oxygen atoms in total. The first kappa shape index (κ1) is 8.65. The molecule has 1 unspecified atom stereocenters. The monoisotopic (exact) mass is 181 g/mol. The minimum absolute atomic E-state index is 0.376. The van der Waals surface area contributed by atoms with Crippen molar-refractivity contribution in [1.82, 2.24) is 25.6 Å². The van der Waals surface area contributed by atoms with Gasteiger partial charge in [-0.3, -0.25) is 4.90 Å². The van der Waals surface area contributed by atoms with Crippen molar-refractivity contribution in [3.05, 3.63) is 11.9 Å². The highest BCUT2D eigenvalue weighted by Crippen LogP contribution is 2.16. The molecule has 2 N–H and O–H groups in total. The van der Waals surface area contributed by atoms with Gasteiger partial charge < -0.3 is 5.32 Å². The maximum absolute atomic E-state index is 4.09. The summed E-state index contributed by atoms with van der Waals surface area (Å²) in [6, 6.07) is 0.376. The second-order valence-electron chi connectivity index (χ2n) is 3.36. The van der Waals surface area contributed by atoms with Crippen LogP contribution < -0.4 is 5.32 Å². The molecule has 1 atom stereocenters. The summed E-state index contributed by atoms with van der Waals surface area (Å²) in [5.41, 5.74) is 1.03. The van der Waals surface area contributed by atoms with Crippen LogP contribution in [0.2, 0.25) is 0 Å². The highest BCUT2D eigenvalue weighted by molar-refractivity contribution is 4.99. The molecule has 1 aromatic rings. The van der Waals surface area contributed by atoms with E-state index in [-0.39, 0.29) is 0 Å². The van der Waals surface area contributed by atoms with E-state index in [0.717, 1.165) is 31.9 Å². The van der Waals surface area contributed by atoms with Crippen LogP contribution in [0.1, 0.15) is 18.7 Å². The molecule has 0 bridgehead atoms. The van der Waals surface area contributed by atoms with E-state index in [2.05, 4.69) is 32.6 Å². The van der Waals surface area contributed by atoms with Gasteiger partial charge in [0.05, 0.1) is 17.9 Å². The van der Waals surface area contributed by atoms with Gasteiger partial charge in [0, 0.05) is 26.2 Å². The van der Waals surface area contributed by atoms with E-state index in [1.165, 1.54) is 0 Å². The first-order valence-corrected chi connectivity index (χ1v) is 4.68. The zero-order valence-corrected chi connectivity index (χ0v) is 7.82. The fraction of sp³-hybridized carbons (Fsp3) is 0.750. The lowest BCUT2D eigenvalue weighted by Gasteiger charge is -2.31. The first-order valence-electron chi connectivity index (χ1n) is 4.68. The molecule has 0 aliphatic carbocycles. The third-order valence-electron chi connectivity index (χ3n) is 2.56. The van der Waals surface area contributed by atoms with E-state index in [1.54, 1.807) is 6.20 Å². The number of aromatic amines is 1. The van der Waals surface area contributed by atoms with Gasteiger partial charge in [-0.1, -0.05) is 0 Å². The molecule has 72 valence electrons. The molecule has 13 heavy (non-hydrogen) atoms. The molecule has 1 fully saturated rings. The predicted octanol–water partition coefficient (Wildman–Crippen LogP) is -0.229. The van der Waals surface area contributed by atoms with Gasteiger partial charge in [0.2, 0.25) is 0 Å². The van der Waals surface area contributed by atoms with E-state index >= 15 is 0 Å². The molecule has 0 saturated carbocycles. The quantitative estimate of drug-likeness (QED) is 0.662. The Morgan fingerprint density at radius 1 is 1.46 bits per heavy atom. The lowest BCUT2D eigenvalue weighted by atomic mass is 10.2. The van der Waals surface area contributed by atoms with Crippen molar-refractivity contribution in [3.8, 4) is 0 Å². The Hall–Kier alpha value is -0.940. The van der Waals surface area contributed by atoms with Crippen LogP contribution in [0.15, 0.2) is 6.20 Å². The van der Waals surface area contributed by atoms with Gasteiger partial charge >= 0.3 is 0 Å². The van der Waals surface area contributed by atoms with Gasteiger partial charge in [-0.25, -0.2) is 0 Å². The van der Waals surface area contributed by atoms with E-state index in [0.29, 0.717) is 6.04 Å². The molecular weight excluding hydrogens is 166 g/mol. The first-order chi connectivity index (χ1) is 6.38. The molecule has 1 aromatic heterocycles. The summed E-state index contributed by atoms with van der Waals surface area (Å²) in [5, 5.41) is 13.9. The van der Waals surface area contributed by atoms with Crippen molar-refractivity contribution >= 4 is 0 Å². The number of rotatable bonds is 2. The number of piperazine rings is 1. The normalized spacial score (nSPS) is 21.6. The lowest BCUT2D eigenvalue weighted by molar-refractivity contribution is 0.182. The molecule has 0 radical (unpaired) electrons. The summed E-state index contributed by atoms with van der Waals surface area (Å²) in [7, 11) is 0. The zero-order chi connectivity index (χ0) is 9.10. The van der Waals surface area contributed by atoms with Crippen LogP contribution in [0, 0.1) is 0 Å². The van der Waals surface area contributed by atoms with Crippen molar-refractivity contribution in [2.24, 2.45) is 0 Å². The molecule has 0 spiro atoms. The number of nitrogens with one attached hydrogen (secondary N) is 2. The molecule has 0 amide bonds. The summed E-state index contributed by atoms with van der Waals surface area (Å²) in [4.78, 5) is 2.41. The third kappa shape index (κ3) is 1.87. The summed E-state index contributed by atoms with van der Waals surface area (Å²) in [5.74, 6) is 0. The van der Waals surface area contributed by atoms with E-state index in [1.807, 2.05) is 0 Å². The summed E-state index contributed by atoms with van der Waals surface area (Å²) >= 11 is 0. The maximum Gasteiger partial charge on any atom is 0.0993 e. The summed E-state index contributed by atoms with van der Waals surface area (Å²) in [6.45, 7) is 6.50. The Morgan fingerprint density at radius 3 is 2.85 bits per heavy atom. The van der Waals surface area contributed by atoms with Gasteiger partial charge in [0.15, 0.2) is 0 Å². The second-order valence-corrected chi connectivity index (χ2v) is 3.36. The topological polar surface area (TPSA) is 56.8 Å². The average Bonchev–Trinajstić information content (AvgIpc) is 2.71. The smallest absolute Gasteiger partial charge is 0.0993 e. The second kappa shape index (κ2) is 3.85. The van der Waals surface area contributed by atoms with Crippen LogP contribution in [0.3, 0.4) is 0 Å². The number of hydrogen-bond donors (Lipinski definition) is 2. The number of nitrogens with zero attached hydrogens (tertiary/aromatic N) is 3. The molecule has 2 rings (SSSR count). The Balaban J connectivity index is 1.99. The van der Waals surface area contributed by atoms with Crippen molar-refractivity contribution < 1.29 is 0 Å². The Bertz CT molecular complexity index is 239. The molecule has 1 aliphatic rings. The van der Waals surface area contributed by atoms with Crippen molar-refractivity contribution in [3.63, 3.8) is 0 Å². The van der Waals surface area contributed by atoms with Gasteiger partial charge in [0.1, 0.15) is 0 Å². The molecular formula is C8H15N5. The number of H-pyrrole nitrogens is 1. The SMILES string of the molecule is CC(c1cn[nH]n1)N1CCNCC1. The Labute approximate surface area is 77.5 Å². The molecule has 1 saturated heterocycles. The molecule has 2 heterocycles. The molecule has 0 aromatic carbocycles. The van der Waals surface area contributed by atoms with Crippen LogP contribution in [0.5, 0.6) is 0 Å². The zero-order valence-electron chi connectivity index (χ0n) is 7.82. The summed E-state index contributed by atoms with van der Waals surface area (Å²) < 4.78 is 0. The van der Waals surface area contributed by atoms with E-state index in [9.17, 15) is 0 Å². The number of hydrogen-bond acceptors (Lipinski definition) is 4. The standard InChI is InChI=1S/C8H15N5/c1-7(8-6-10-12-11-8)13-4-2-9-3-5-13/h6-7,9H,2-5H2,1H3,(H,10,11,12). The maximum atomic E-state index is 4.09.